The van der Waals surface area contributed by atoms with Gasteiger partial charge >= 0.3 is 0 Å². The summed E-state index contributed by atoms with van der Waals surface area (Å²) in [6.45, 7) is 4.21. The smallest absolute Gasteiger partial charge is 0.119 e. The molecule has 3 atom stereocenters. The Morgan fingerprint density at radius 3 is 2.57 bits per heavy atom. The molecule has 0 amide bonds. The van der Waals surface area contributed by atoms with Crippen LogP contribution in [-0.2, 0) is 17.9 Å². The highest BCUT2D eigenvalue weighted by atomic mass is 35.5. The van der Waals surface area contributed by atoms with Crippen LogP contribution >= 0.6 is 12.4 Å². The van der Waals surface area contributed by atoms with Crippen molar-refractivity contribution in [1.29, 1.82) is 0 Å². The first-order valence-electron chi connectivity index (χ1n) is 10.2. The van der Waals surface area contributed by atoms with Crippen LogP contribution in [0.5, 0.6) is 5.75 Å². The van der Waals surface area contributed by atoms with E-state index in [9.17, 15) is 0 Å². The highest BCUT2D eigenvalue weighted by molar-refractivity contribution is 5.85. The second kappa shape index (κ2) is 10.8. The Morgan fingerprint density at radius 1 is 1.00 bits per heavy atom. The first-order chi connectivity index (χ1) is 13.4. The molecule has 0 radical (unpaired) electrons. The topological polar surface area (TPSA) is 42.5 Å². The summed E-state index contributed by atoms with van der Waals surface area (Å²) in [5.74, 6) is 1.60. The maximum absolute atomic E-state index is 5.88. The minimum absolute atomic E-state index is 0. The van der Waals surface area contributed by atoms with Gasteiger partial charge < -0.3 is 20.1 Å². The maximum Gasteiger partial charge on any atom is 0.119 e. The van der Waals surface area contributed by atoms with E-state index in [1.54, 1.807) is 0 Å². The summed E-state index contributed by atoms with van der Waals surface area (Å²) in [4.78, 5) is 0. The highest BCUT2D eigenvalue weighted by Crippen LogP contribution is 2.29. The van der Waals surface area contributed by atoms with Crippen LogP contribution in [0.15, 0.2) is 54.6 Å². The lowest BCUT2D eigenvalue weighted by molar-refractivity contribution is 0.0524. The summed E-state index contributed by atoms with van der Waals surface area (Å²) in [7, 11) is 0. The van der Waals surface area contributed by atoms with Crippen molar-refractivity contribution >= 4 is 12.4 Å². The molecule has 2 N–H and O–H groups in total. The van der Waals surface area contributed by atoms with Gasteiger partial charge in [0.15, 0.2) is 0 Å². The Kier molecular flexibility index (Phi) is 8.16. The summed E-state index contributed by atoms with van der Waals surface area (Å²) in [5, 5.41) is 7.43. The number of hydrogen-bond donors (Lipinski definition) is 2. The predicted octanol–water partition coefficient (Wildman–Crippen LogP) is 3.93. The fraction of sp³-hybridized carbons (Fsp3) is 0.478. The van der Waals surface area contributed by atoms with Gasteiger partial charge in [-0.25, -0.2) is 0 Å². The molecule has 28 heavy (non-hydrogen) atoms. The number of hydrogen-bond acceptors (Lipinski definition) is 4. The van der Waals surface area contributed by atoms with Crippen molar-refractivity contribution in [3.63, 3.8) is 0 Å². The number of rotatable bonds is 7. The zero-order chi connectivity index (χ0) is 18.3. The summed E-state index contributed by atoms with van der Waals surface area (Å²) < 4.78 is 11.5. The van der Waals surface area contributed by atoms with E-state index in [1.807, 2.05) is 18.2 Å². The van der Waals surface area contributed by atoms with E-state index in [-0.39, 0.29) is 12.4 Å². The van der Waals surface area contributed by atoms with Crippen LogP contribution in [0.1, 0.15) is 30.4 Å². The molecule has 1 saturated heterocycles. The Bertz CT molecular complexity index is 690. The van der Waals surface area contributed by atoms with Crippen LogP contribution in [0, 0.1) is 5.92 Å². The van der Waals surface area contributed by atoms with Crippen LogP contribution in [0.4, 0.5) is 0 Å². The third-order valence-electron chi connectivity index (χ3n) is 5.78. The average Bonchev–Trinajstić information content (AvgIpc) is 3.21. The lowest BCUT2D eigenvalue weighted by atomic mass is 9.94. The summed E-state index contributed by atoms with van der Waals surface area (Å²) in [6, 6.07) is 19.8. The minimum Gasteiger partial charge on any atom is -0.489 e. The van der Waals surface area contributed by atoms with Gasteiger partial charge in [-0.1, -0.05) is 48.9 Å². The first kappa shape index (κ1) is 21.1. The fourth-order valence-electron chi connectivity index (χ4n) is 4.28. The summed E-state index contributed by atoms with van der Waals surface area (Å²) in [6.07, 6.45) is 3.87. The van der Waals surface area contributed by atoms with E-state index in [0.29, 0.717) is 24.6 Å². The SMILES string of the molecule is Cl.c1ccc(COc2ccc(CNC3CCCC3C3COCCN3)cc2)cc1. The lowest BCUT2D eigenvalue weighted by Gasteiger charge is -2.33. The predicted molar refractivity (Wildman–Crippen MR) is 115 cm³/mol. The second-order valence-electron chi connectivity index (χ2n) is 7.64. The normalized spacial score (nSPS) is 24.5. The number of benzene rings is 2. The molecule has 2 aliphatic rings. The third kappa shape index (κ3) is 5.71. The molecule has 5 heteroatoms. The van der Waals surface area contributed by atoms with Crippen molar-refractivity contribution in [1.82, 2.24) is 10.6 Å². The number of ether oxygens (including phenoxy) is 2. The largest absolute Gasteiger partial charge is 0.489 e. The van der Waals surface area contributed by atoms with E-state index in [1.165, 1.54) is 30.4 Å². The van der Waals surface area contributed by atoms with Crippen molar-refractivity contribution in [2.45, 2.75) is 44.5 Å². The molecular weight excluding hydrogens is 372 g/mol. The molecule has 3 unspecified atom stereocenters. The Morgan fingerprint density at radius 2 is 1.82 bits per heavy atom. The van der Waals surface area contributed by atoms with Crippen molar-refractivity contribution in [3.05, 3.63) is 65.7 Å². The molecular formula is C23H31ClN2O2. The van der Waals surface area contributed by atoms with Crippen molar-refractivity contribution in [3.8, 4) is 5.75 Å². The molecule has 4 nitrogen and oxygen atoms in total. The summed E-state index contributed by atoms with van der Waals surface area (Å²) >= 11 is 0. The Balaban J connectivity index is 0.00000225. The Labute approximate surface area is 174 Å². The van der Waals surface area contributed by atoms with Crippen LogP contribution in [0.25, 0.3) is 0 Å². The molecule has 0 bridgehead atoms. The van der Waals surface area contributed by atoms with E-state index < -0.39 is 0 Å². The molecule has 1 saturated carbocycles. The second-order valence-corrected chi connectivity index (χ2v) is 7.64. The van der Waals surface area contributed by atoms with Gasteiger partial charge in [-0.3, -0.25) is 0 Å². The van der Waals surface area contributed by atoms with Gasteiger partial charge in [0.05, 0.1) is 13.2 Å². The average molecular weight is 403 g/mol. The molecule has 1 heterocycles. The lowest BCUT2D eigenvalue weighted by Crippen LogP contribution is -2.50. The molecule has 2 aromatic rings. The minimum atomic E-state index is 0. The summed E-state index contributed by atoms with van der Waals surface area (Å²) in [5.41, 5.74) is 2.50. The van der Waals surface area contributed by atoms with Crippen LogP contribution in [-0.4, -0.2) is 31.8 Å². The van der Waals surface area contributed by atoms with Gasteiger partial charge in [0.2, 0.25) is 0 Å². The van der Waals surface area contributed by atoms with Gasteiger partial charge in [0, 0.05) is 25.2 Å². The maximum atomic E-state index is 5.88. The van der Waals surface area contributed by atoms with Crippen LogP contribution in [0.2, 0.25) is 0 Å². The molecule has 1 aliphatic heterocycles. The highest BCUT2D eigenvalue weighted by Gasteiger charge is 2.34. The molecule has 0 spiro atoms. The third-order valence-corrected chi connectivity index (χ3v) is 5.78. The van der Waals surface area contributed by atoms with Gasteiger partial charge in [-0.2, -0.15) is 0 Å². The first-order valence-corrected chi connectivity index (χ1v) is 10.2. The zero-order valence-electron chi connectivity index (χ0n) is 16.3. The molecule has 1 aliphatic carbocycles. The Hall–Kier alpha value is -1.59. The quantitative estimate of drug-likeness (QED) is 0.736. The number of morpholine rings is 1. The van der Waals surface area contributed by atoms with E-state index in [0.717, 1.165) is 32.1 Å². The fourth-order valence-corrected chi connectivity index (χ4v) is 4.28. The molecule has 152 valence electrons. The molecule has 0 aromatic heterocycles. The van der Waals surface area contributed by atoms with Gasteiger partial charge in [-0.15, -0.1) is 12.4 Å². The van der Waals surface area contributed by atoms with Gasteiger partial charge in [0.25, 0.3) is 0 Å². The molecule has 4 rings (SSSR count). The van der Waals surface area contributed by atoms with E-state index >= 15 is 0 Å². The monoisotopic (exact) mass is 402 g/mol. The number of nitrogens with one attached hydrogen (secondary N) is 2. The van der Waals surface area contributed by atoms with Gasteiger partial charge in [0.1, 0.15) is 12.4 Å². The van der Waals surface area contributed by atoms with Crippen molar-refractivity contribution < 1.29 is 9.47 Å². The van der Waals surface area contributed by atoms with Crippen molar-refractivity contribution in [2.75, 3.05) is 19.8 Å². The van der Waals surface area contributed by atoms with Crippen LogP contribution < -0.4 is 15.4 Å². The van der Waals surface area contributed by atoms with E-state index in [2.05, 4.69) is 47.0 Å². The van der Waals surface area contributed by atoms with E-state index in [4.69, 9.17) is 9.47 Å². The van der Waals surface area contributed by atoms with Gasteiger partial charge in [-0.05, 0) is 42.0 Å². The number of halogens is 1. The van der Waals surface area contributed by atoms with Crippen molar-refractivity contribution in [2.24, 2.45) is 5.92 Å². The van der Waals surface area contributed by atoms with Crippen LogP contribution in [0.3, 0.4) is 0 Å². The molecule has 2 aromatic carbocycles. The molecule has 2 fully saturated rings. The zero-order valence-corrected chi connectivity index (χ0v) is 17.1. The standard InChI is InChI=1S/C23H30N2O2.ClH/c1-2-5-19(6-3-1)16-27-20-11-9-18(10-12-20)15-25-22-8-4-7-21(22)23-17-26-14-13-24-23;/h1-3,5-6,9-12,21-25H,4,7-8,13-17H2;1H.